The predicted octanol–water partition coefficient (Wildman–Crippen LogP) is 2.28. The summed E-state index contributed by atoms with van der Waals surface area (Å²) in [6.45, 7) is 8.38. The summed E-state index contributed by atoms with van der Waals surface area (Å²) in [5.41, 5.74) is 2.63. The molecular formula is C17H23N5O2. The quantitative estimate of drug-likeness (QED) is 0.845. The number of carbonyl (C=O) groups excluding carboxylic acids is 2. The lowest BCUT2D eigenvalue weighted by Gasteiger charge is -2.31. The van der Waals surface area contributed by atoms with Gasteiger partial charge in [0.15, 0.2) is 11.6 Å². The number of hydrogen-bond acceptors (Lipinski definition) is 4. The molecule has 3 rings (SSSR count). The molecule has 7 heteroatoms. The molecule has 1 amide bonds. The van der Waals surface area contributed by atoms with Crippen molar-refractivity contribution in [3.63, 3.8) is 0 Å². The molecule has 1 saturated heterocycles. The third kappa shape index (κ3) is 2.86. The third-order valence-corrected chi connectivity index (χ3v) is 4.69. The van der Waals surface area contributed by atoms with Crippen LogP contribution in [0.3, 0.4) is 0 Å². The van der Waals surface area contributed by atoms with E-state index in [4.69, 9.17) is 0 Å². The summed E-state index contributed by atoms with van der Waals surface area (Å²) in [5.74, 6) is 1.64. The number of nitrogens with one attached hydrogen (secondary N) is 2. The van der Waals surface area contributed by atoms with Crippen LogP contribution in [0.4, 0.5) is 0 Å². The molecule has 7 nitrogen and oxygen atoms in total. The number of piperidine rings is 1. The molecule has 24 heavy (non-hydrogen) atoms. The molecule has 0 saturated carbocycles. The van der Waals surface area contributed by atoms with Crippen LogP contribution < -0.4 is 0 Å². The normalized spacial score (nSPS) is 18.0. The van der Waals surface area contributed by atoms with Gasteiger partial charge in [-0.3, -0.25) is 14.7 Å². The Balaban J connectivity index is 1.84. The maximum atomic E-state index is 13.0. The van der Waals surface area contributed by atoms with Crippen LogP contribution in [0.25, 0.3) is 0 Å². The average Bonchev–Trinajstić information content (AvgIpc) is 3.10. The molecule has 0 bridgehead atoms. The Bertz CT molecular complexity index is 789. The number of aromatic amines is 2. The van der Waals surface area contributed by atoms with Crippen molar-refractivity contribution in [1.82, 2.24) is 25.1 Å². The highest BCUT2D eigenvalue weighted by Gasteiger charge is 2.30. The number of nitrogens with zero attached hydrogens (tertiary/aromatic N) is 3. The summed E-state index contributed by atoms with van der Waals surface area (Å²) in [6.07, 6.45) is 1.90. The third-order valence-electron chi connectivity index (χ3n) is 4.69. The molecule has 1 fully saturated rings. The number of hydrogen-bond donors (Lipinski definition) is 2. The SMILES string of the molecule is CC(=O)c1[nH]c(C)c(C(=O)N2CCC[C@@H](c3n[nH]c(C)n3)C2)c1C. The van der Waals surface area contributed by atoms with Gasteiger partial charge < -0.3 is 9.88 Å². The summed E-state index contributed by atoms with van der Waals surface area (Å²) in [6, 6.07) is 0. The van der Waals surface area contributed by atoms with E-state index in [1.807, 2.05) is 25.7 Å². The van der Waals surface area contributed by atoms with Gasteiger partial charge in [0.25, 0.3) is 5.91 Å². The van der Waals surface area contributed by atoms with Crippen LogP contribution in [0.5, 0.6) is 0 Å². The second kappa shape index (κ2) is 6.22. The number of amides is 1. The smallest absolute Gasteiger partial charge is 0.255 e. The number of aryl methyl sites for hydroxylation is 2. The standard InChI is InChI=1S/C17H23N5O2/c1-9-14(10(2)18-15(9)11(3)23)17(24)22-7-5-6-13(8-22)16-19-12(4)20-21-16/h13,18H,5-8H2,1-4H3,(H,19,20,21)/t13-/m1/s1. The number of rotatable bonds is 3. The van der Waals surface area contributed by atoms with Crippen molar-refractivity contribution in [3.8, 4) is 0 Å². The minimum atomic E-state index is -0.0534. The lowest BCUT2D eigenvalue weighted by atomic mass is 9.96. The number of H-pyrrole nitrogens is 2. The molecule has 2 N–H and O–H groups in total. The first-order valence-corrected chi connectivity index (χ1v) is 8.26. The van der Waals surface area contributed by atoms with E-state index in [2.05, 4.69) is 20.2 Å². The van der Waals surface area contributed by atoms with Crippen LogP contribution in [0, 0.1) is 20.8 Å². The van der Waals surface area contributed by atoms with Crippen molar-refractivity contribution >= 4 is 11.7 Å². The molecule has 3 heterocycles. The lowest BCUT2D eigenvalue weighted by molar-refractivity contribution is 0.0703. The average molecular weight is 329 g/mol. The van der Waals surface area contributed by atoms with Gasteiger partial charge in [-0.1, -0.05) is 0 Å². The number of carbonyl (C=O) groups is 2. The molecule has 128 valence electrons. The van der Waals surface area contributed by atoms with Gasteiger partial charge in [0, 0.05) is 31.6 Å². The van der Waals surface area contributed by atoms with Crippen LogP contribution in [0.15, 0.2) is 0 Å². The summed E-state index contributed by atoms with van der Waals surface area (Å²) in [5, 5.41) is 7.11. The fraction of sp³-hybridized carbons (Fsp3) is 0.529. The highest BCUT2D eigenvalue weighted by atomic mass is 16.2. The molecule has 0 spiro atoms. The maximum absolute atomic E-state index is 13.0. The first kappa shape index (κ1) is 16.4. The van der Waals surface area contributed by atoms with Crippen molar-refractivity contribution < 1.29 is 9.59 Å². The second-order valence-electron chi connectivity index (χ2n) is 6.55. The van der Waals surface area contributed by atoms with Gasteiger partial charge in [-0.15, -0.1) is 0 Å². The molecule has 0 unspecified atom stereocenters. The molecule has 0 aromatic carbocycles. The van der Waals surface area contributed by atoms with Crippen LogP contribution in [-0.4, -0.2) is 49.8 Å². The first-order chi connectivity index (χ1) is 11.4. The number of Topliss-reactive ketones (excluding diaryl/α,β-unsaturated/α-hetero) is 1. The van der Waals surface area contributed by atoms with E-state index >= 15 is 0 Å². The van der Waals surface area contributed by atoms with Gasteiger partial charge in [-0.2, -0.15) is 5.10 Å². The highest BCUT2D eigenvalue weighted by molar-refractivity contribution is 6.02. The highest BCUT2D eigenvalue weighted by Crippen LogP contribution is 2.27. The van der Waals surface area contributed by atoms with E-state index in [0.717, 1.165) is 42.3 Å². The second-order valence-corrected chi connectivity index (χ2v) is 6.55. The largest absolute Gasteiger partial charge is 0.355 e. The summed E-state index contributed by atoms with van der Waals surface area (Å²) < 4.78 is 0. The fourth-order valence-electron chi connectivity index (χ4n) is 3.50. The molecule has 2 aromatic rings. The van der Waals surface area contributed by atoms with Gasteiger partial charge in [0.2, 0.25) is 0 Å². The Kier molecular flexibility index (Phi) is 4.26. The van der Waals surface area contributed by atoms with Crippen molar-refractivity contribution in [2.24, 2.45) is 0 Å². The zero-order valence-electron chi connectivity index (χ0n) is 14.6. The van der Waals surface area contributed by atoms with Crippen LogP contribution in [0.2, 0.25) is 0 Å². The minimum Gasteiger partial charge on any atom is -0.355 e. The Morgan fingerprint density at radius 1 is 1.25 bits per heavy atom. The van der Waals surface area contributed by atoms with Crippen LogP contribution in [-0.2, 0) is 0 Å². The van der Waals surface area contributed by atoms with E-state index in [1.165, 1.54) is 6.92 Å². The number of aromatic nitrogens is 4. The molecular weight excluding hydrogens is 306 g/mol. The van der Waals surface area contributed by atoms with E-state index < -0.39 is 0 Å². The first-order valence-electron chi connectivity index (χ1n) is 8.26. The van der Waals surface area contributed by atoms with E-state index in [-0.39, 0.29) is 17.6 Å². The Morgan fingerprint density at radius 3 is 2.58 bits per heavy atom. The van der Waals surface area contributed by atoms with E-state index in [9.17, 15) is 9.59 Å². The van der Waals surface area contributed by atoms with Crippen molar-refractivity contribution in [1.29, 1.82) is 0 Å². The zero-order valence-corrected chi connectivity index (χ0v) is 14.6. The molecule has 1 atom stereocenters. The summed E-state index contributed by atoms with van der Waals surface area (Å²) >= 11 is 0. The van der Waals surface area contributed by atoms with Gasteiger partial charge in [-0.25, -0.2) is 4.98 Å². The van der Waals surface area contributed by atoms with E-state index in [0.29, 0.717) is 17.8 Å². The fourth-order valence-corrected chi connectivity index (χ4v) is 3.50. The van der Waals surface area contributed by atoms with Crippen molar-refractivity contribution in [3.05, 3.63) is 34.2 Å². The van der Waals surface area contributed by atoms with Gasteiger partial charge >= 0.3 is 0 Å². The van der Waals surface area contributed by atoms with Crippen molar-refractivity contribution in [2.45, 2.75) is 46.5 Å². The summed E-state index contributed by atoms with van der Waals surface area (Å²) in [4.78, 5) is 34.0. The molecule has 2 aromatic heterocycles. The Labute approximate surface area is 140 Å². The summed E-state index contributed by atoms with van der Waals surface area (Å²) in [7, 11) is 0. The number of ketones is 1. The Hall–Kier alpha value is -2.44. The van der Waals surface area contributed by atoms with Gasteiger partial charge in [0.05, 0.1) is 11.3 Å². The lowest BCUT2D eigenvalue weighted by Crippen LogP contribution is -2.39. The molecule has 0 aliphatic carbocycles. The van der Waals surface area contributed by atoms with Gasteiger partial charge in [-0.05, 0) is 39.2 Å². The predicted molar refractivity (Wildman–Crippen MR) is 89.3 cm³/mol. The van der Waals surface area contributed by atoms with Crippen LogP contribution in [0.1, 0.15) is 69.4 Å². The van der Waals surface area contributed by atoms with E-state index in [1.54, 1.807) is 0 Å². The molecule has 1 aliphatic rings. The molecule has 0 radical (unpaired) electrons. The van der Waals surface area contributed by atoms with Crippen molar-refractivity contribution in [2.75, 3.05) is 13.1 Å². The molecule has 1 aliphatic heterocycles. The maximum Gasteiger partial charge on any atom is 0.255 e. The monoisotopic (exact) mass is 329 g/mol. The Morgan fingerprint density at radius 2 is 2.00 bits per heavy atom. The topological polar surface area (TPSA) is 94.7 Å². The number of likely N-dealkylation sites (tertiary alicyclic amines) is 1. The van der Waals surface area contributed by atoms with Gasteiger partial charge in [0.1, 0.15) is 5.82 Å². The van der Waals surface area contributed by atoms with Crippen LogP contribution >= 0.6 is 0 Å². The minimum absolute atomic E-state index is 0.0225. The zero-order chi connectivity index (χ0) is 17.4.